The molecule has 1 aliphatic rings. The van der Waals surface area contributed by atoms with E-state index in [1.165, 1.54) is 0 Å². The molecule has 1 aromatic rings. The quantitative estimate of drug-likeness (QED) is 0.759. The van der Waals surface area contributed by atoms with Gasteiger partial charge in [-0.25, -0.2) is 9.59 Å². The number of alkyl carbamates (subject to hydrolysis) is 1. The third-order valence-electron chi connectivity index (χ3n) is 3.14. The first-order chi connectivity index (χ1) is 11.3. The summed E-state index contributed by atoms with van der Waals surface area (Å²) in [6.07, 6.45) is -4.39. The van der Waals surface area contributed by atoms with E-state index in [0.29, 0.717) is 19.1 Å². The van der Waals surface area contributed by atoms with Crippen LogP contribution >= 0.6 is 0 Å². The summed E-state index contributed by atoms with van der Waals surface area (Å²) in [6.45, 7) is 3.17. The Morgan fingerprint density at radius 3 is 2.29 bits per heavy atom. The minimum atomic E-state index is -5.08. The summed E-state index contributed by atoms with van der Waals surface area (Å²) < 4.78 is 36.8. The average molecular weight is 348 g/mol. The maximum atomic E-state index is 11.4. The Hall–Kier alpha value is -2.29. The van der Waals surface area contributed by atoms with E-state index in [2.05, 4.69) is 10.6 Å². The first-order valence-corrected chi connectivity index (χ1v) is 7.24. The van der Waals surface area contributed by atoms with Gasteiger partial charge in [0.05, 0.1) is 0 Å². The molecule has 24 heavy (non-hydrogen) atoms. The second kappa shape index (κ2) is 9.76. The number of benzene rings is 1. The molecule has 1 aromatic carbocycles. The van der Waals surface area contributed by atoms with Crippen LogP contribution in [-0.2, 0) is 16.1 Å². The van der Waals surface area contributed by atoms with Crippen molar-refractivity contribution in [2.45, 2.75) is 19.2 Å². The zero-order valence-electron chi connectivity index (χ0n) is 12.8. The van der Waals surface area contributed by atoms with Gasteiger partial charge in [0, 0.05) is 6.54 Å². The molecule has 1 saturated heterocycles. The maximum Gasteiger partial charge on any atom is 0.490 e. The maximum absolute atomic E-state index is 11.4. The fourth-order valence-corrected chi connectivity index (χ4v) is 1.71. The van der Waals surface area contributed by atoms with Crippen LogP contribution in [0.3, 0.4) is 0 Å². The van der Waals surface area contributed by atoms with Gasteiger partial charge in [0.15, 0.2) is 0 Å². The van der Waals surface area contributed by atoms with E-state index < -0.39 is 12.1 Å². The number of amides is 1. The fraction of sp³-hybridized carbons (Fsp3) is 0.467. The molecule has 6 nitrogen and oxygen atoms in total. The molecule has 0 aliphatic carbocycles. The fourth-order valence-electron chi connectivity index (χ4n) is 1.71. The summed E-state index contributed by atoms with van der Waals surface area (Å²) in [7, 11) is 0. The standard InChI is InChI=1S/C13H18N2O2.C2HF3O2/c16-13(15-7-6-12-8-14-9-12)17-10-11-4-2-1-3-5-11;3-2(4,5)1(6)7/h1-5,12,14H,6-10H2,(H,15,16);(H,6,7). The highest BCUT2D eigenvalue weighted by Gasteiger charge is 2.38. The van der Waals surface area contributed by atoms with Gasteiger partial charge in [0.25, 0.3) is 0 Å². The summed E-state index contributed by atoms with van der Waals surface area (Å²) in [6, 6.07) is 9.68. The molecule has 0 radical (unpaired) electrons. The Bertz CT molecular complexity index is 519. The number of aliphatic carboxylic acids is 1. The van der Waals surface area contributed by atoms with Gasteiger partial charge in [-0.2, -0.15) is 13.2 Å². The first-order valence-electron chi connectivity index (χ1n) is 7.24. The van der Waals surface area contributed by atoms with E-state index >= 15 is 0 Å². The number of ether oxygens (including phenoxy) is 1. The molecule has 0 aromatic heterocycles. The number of carbonyl (C=O) groups is 2. The van der Waals surface area contributed by atoms with Crippen molar-refractivity contribution in [3.63, 3.8) is 0 Å². The molecule has 1 amide bonds. The minimum Gasteiger partial charge on any atom is -0.475 e. The van der Waals surface area contributed by atoms with Gasteiger partial charge in [-0.15, -0.1) is 0 Å². The molecular formula is C15H19F3N2O4. The van der Waals surface area contributed by atoms with Gasteiger partial charge < -0.3 is 20.5 Å². The van der Waals surface area contributed by atoms with Gasteiger partial charge in [-0.05, 0) is 31.0 Å². The van der Waals surface area contributed by atoms with Crippen molar-refractivity contribution in [3.05, 3.63) is 35.9 Å². The lowest BCUT2D eigenvalue weighted by molar-refractivity contribution is -0.192. The number of nitrogens with one attached hydrogen (secondary N) is 2. The molecule has 2 rings (SSSR count). The summed E-state index contributed by atoms with van der Waals surface area (Å²) in [4.78, 5) is 20.3. The number of carboxylic acids is 1. The van der Waals surface area contributed by atoms with E-state index in [0.717, 1.165) is 25.1 Å². The zero-order valence-corrected chi connectivity index (χ0v) is 12.8. The molecule has 1 aliphatic heterocycles. The van der Waals surface area contributed by atoms with E-state index in [4.69, 9.17) is 14.6 Å². The van der Waals surface area contributed by atoms with Crippen molar-refractivity contribution in [1.29, 1.82) is 0 Å². The van der Waals surface area contributed by atoms with E-state index in [9.17, 15) is 18.0 Å². The van der Waals surface area contributed by atoms with E-state index in [1.54, 1.807) is 0 Å². The predicted molar refractivity (Wildman–Crippen MR) is 79.3 cm³/mol. The van der Waals surface area contributed by atoms with Crippen molar-refractivity contribution in [1.82, 2.24) is 10.6 Å². The number of alkyl halides is 3. The molecule has 0 bridgehead atoms. The van der Waals surface area contributed by atoms with E-state index in [-0.39, 0.29) is 6.09 Å². The molecule has 0 atom stereocenters. The first kappa shape index (κ1) is 19.8. The van der Waals surface area contributed by atoms with Crippen LogP contribution in [0.4, 0.5) is 18.0 Å². The van der Waals surface area contributed by atoms with Crippen LogP contribution in [0.1, 0.15) is 12.0 Å². The molecule has 1 fully saturated rings. The predicted octanol–water partition coefficient (Wildman–Crippen LogP) is 2.16. The molecular weight excluding hydrogens is 329 g/mol. The highest BCUT2D eigenvalue weighted by atomic mass is 19.4. The van der Waals surface area contributed by atoms with Gasteiger partial charge in [0.2, 0.25) is 0 Å². The Kier molecular flexibility index (Phi) is 8.03. The van der Waals surface area contributed by atoms with Crippen LogP contribution in [0.15, 0.2) is 30.3 Å². The molecule has 0 spiro atoms. The molecule has 3 N–H and O–H groups in total. The number of halogens is 3. The Morgan fingerprint density at radius 2 is 1.83 bits per heavy atom. The minimum absolute atomic E-state index is 0.331. The average Bonchev–Trinajstić information content (AvgIpc) is 2.48. The summed E-state index contributed by atoms with van der Waals surface area (Å²) in [5, 5.41) is 13.1. The van der Waals surface area contributed by atoms with Crippen LogP contribution in [0.2, 0.25) is 0 Å². The topological polar surface area (TPSA) is 87.7 Å². The Balaban J connectivity index is 0.000000351. The molecule has 0 unspecified atom stereocenters. The number of hydrogen-bond acceptors (Lipinski definition) is 4. The monoisotopic (exact) mass is 348 g/mol. The van der Waals surface area contributed by atoms with Crippen molar-refractivity contribution < 1.29 is 32.6 Å². The third-order valence-corrected chi connectivity index (χ3v) is 3.14. The van der Waals surface area contributed by atoms with Gasteiger partial charge >= 0.3 is 18.2 Å². The van der Waals surface area contributed by atoms with Crippen molar-refractivity contribution >= 4 is 12.1 Å². The van der Waals surface area contributed by atoms with Crippen LogP contribution < -0.4 is 10.6 Å². The van der Waals surface area contributed by atoms with Gasteiger partial charge in [0.1, 0.15) is 6.61 Å². The van der Waals surface area contributed by atoms with Crippen molar-refractivity contribution in [2.24, 2.45) is 5.92 Å². The number of hydrogen-bond donors (Lipinski definition) is 3. The van der Waals surface area contributed by atoms with Crippen LogP contribution in [0.25, 0.3) is 0 Å². The van der Waals surface area contributed by atoms with Crippen molar-refractivity contribution in [3.8, 4) is 0 Å². The van der Waals surface area contributed by atoms with Crippen molar-refractivity contribution in [2.75, 3.05) is 19.6 Å². The lowest BCUT2D eigenvalue weighted by Gasteiger charge is -2.26. The van der Waals surface area contributed by atoms with Crippen LogP contribution in [-0.4, -0.2) is 43.0 Å². The Morgan fingerprint density at radius 1 is 1.25 bits per heavy atom. The normalized spacial score (nSPS) is 14.0. The number of rotatable bonds is 5. The van der Waals surface area contributed by atoms with Gasteiger partial charge in [-0.1, -0.05) is 30.3 Å². The number of carboxylic acid groups (broad SMARTS) is 1. The zero-order chi connectivity index (χ0) is 18.0. The van der Waals surface area contributed by atoms with Crippen LogP contribution in [0, 0.1) is 5.92 Å². The lowest BCUT2D eigenvalue weighted by Crippen LogP contribution is -2.43. The third kappa shape index (κ3) is 8.37. The highest BCUT2D eigenvalue weighted by molar-refractivity contribution is 5.73. The second-order valence-electron chi connectivity index (χ2n) is 5.10. The second-order valence-corrected chi connectivity index (χ2v) is 5.10. The molecule has 134 valence electrons. The largest absolute Gasteiger partial charge is 0.490 e. The van der Waals surface area contributed by atoms with E-state index in [1.807, 2.05) is 30.3 Å². The number of carbonyl (C=O) groups excluding carboxylic acids is 1. The SMILES string of the molecule is O=C(NCCC1CNC1)OCc1ccccc1.O=C(O)C(F)(F)F. The molecule has 0 saturated carbocycles. The summed E-state index contributed by atoms with van der Waals surface area (Å²) in [5.41, 5.74) is 1.01. The van der Waals surface area contributed by atoms with Gasteiger partial charge in [-0.3, -0.25) is 0 Å². The highest BCUT2D eigenvalue weighted by Crippen LogP contribution is 2.13. The molecule has 9 heteroatoms. The molecule has 1 heterocycles. The summed E-state index contributed by atoms with van der Waals surface area (Å²) >= 11 is 0. The smallest absolute Gasteiger partial charge is 0.475 e. The lowest BCUT2D eigenvalue weighted by atomic mass is 10.00. The summed E-state index contributed by atoms with van der Waals surface area (Å²) in [5.74, 6) is -2.04. The van der Waals surface area contributed by atoms with Crippen LogP contribution in [0.5, 0.6) is 0 Å². The Labute approximate surface area is 137 Å².